The third kappa shape index (κ3) is 6.69. The van der Waals surface area contributed by atoms with Crippen molar-refractivity contribution in [3.05, 3.63) is 157 Å². The van der Waals surface area contributed by atoms with Crippen LogP contribution in [0.3, 0.4) is 0 Å². The van der Waals surface area contributed by atoms with Crippen LogP contribution in [0.25, 0.3) is 33.4 Å². The number of benzene rings is 6. The smallest absolute Gasteiger partial charge is 0.118 e. The molecule has 1 unspecified atom stereocenters. The van der Waals surface area contributed by atoms with E-state index in [0.717, 1.165) is 57.0 Å². The zero-order valence-corrected chi connectivity index (χ0v) is 26.2. The summed E-state index contributed by atoms with van der Waals surface area (Å²) in [7, 11) is 1.69. The SMILES string of the molecule is CCC(C)c1ccc(-c2ccc(N(c3ccc(-c4ccc(CO)cc4)cc3)c3ccc(-c4ccc(OC)cc4)cc3)cc2)cc1. The average molecular weight is 590 g/mol. The summed E-state index contributed by atoms with van der Waals surface area (Å²) in [6.07, 6.45) is 1.14. The van der Waals surface area contributed by atoms with Crippen molar-refractivity contribution in [3.8, 4) is 39.1 Å². The van der Waals surface area contributed by atoms with Crippen molar-refractivity contribution in [2.45, 2.75) is 32.8 Å². The predicted molar refractivity (Wildman–Crippen MR) is 189 cm³/mol. The minimum absolute atomic E-state index is 0.0492. The molecule has 3 nitrogen and oxygen atoms in total. The third-order valence-corrected chi connectivity index (χ3v) is 8.70. The van der Waals surface area contributed by atoms with Gasteiger partial charge in [-0.05, 0) is 105 Å². The van der Waals surface area contributed by atoms with Crippen LogP contribution in [0, 0.1) is 0 Å². The zero-order valence-electron chi connectivity index (χ0n) is 26.2. The molecule has 0 radical (unpaired) electrons. The van der Waals surface area contributed by atoms with Gasteiger partial charge in [0.1, 0.15) is 5.75 Å². The lowest BCUT2D eigenvalue weighted by Crippen LogP contribution is -2.09. The molecule has 6 aromatic rings. The van der Waals surface area contributed by atoms with Gasteiger partial charge >= 0.3 is 0 Å². The highest BCUT2D eigenvalue weighted by molar-refractivity contribution is 5.81. The summed E-state index contributed by atoms with van der Waals surface area (Å²) >= 11 is 0. The van der Waals surface area contributed by atoms with Crippen LogP contribution in [-0.2, 0) is 6.61 Å². The third-order valence-electron chi connectivity index (χ3n) is 8.70. The van der Waals surface area contributed by atoms with E-state index >= 15 is 0 Å². The lowest BCUT2D eigenvalue weighted by atomic mass is 9.96. The first-order valence-electron chi connectivity index (χ1n) is 15.6. The first kappa shape index (κ1) is 29.9. The van der Waals surface area contributed by atoms with E-state index in [1.165, 1.54) is 16.7 Å². The van der Waals surface area contributed by atoms with E-state index in [0.29, 0.717) is 5.92 Å². The standard InChI is InChI=1S/C42H39NO2/c1-4-30(2)32-9-11-34(12-10-32)36-15-23-40(24-16-36)43(39-21-13-35(14-22-39)33-7-5-31(29-44)6-8-33)41-25-17-37(18-26-41)38-19-27-42(45-3)28-20-38/h5-28,30,44H,4,29H2,1-3H3. The van der Waals surface area contributed by atoms with Crippen molar-refractivity contribution < 1.29 is 9.84 Å². The first-order valence-corrected chi connectivity index (χ1v) is 15.6. The summed E-state index contributed by atoms with van der Waals surface area (Å²) in [6, 6.07) is 51.4. The lowest BCUT2D eigenvalue weighted by Gasteiger charge is -2.26. The van der Waals surface area contributed by atoms with Gasteiger partial charge in [-0.15, -0.1) is 0 Å². The molecule has 6 rings (SSSR count). The van der Waals surface area contributed by atoms with E-state index in [4.69, 9.17) is 4.74 Å². The molecule has 45 heavy (non-hydrogen) atoms. The van der Waals surface area contributed by atoms with Gasteiger partial charge in [-0.25, -0.2) is 0 Å². The topological polar surface area (TPSA) is 32.7 Å². The van der Waals surface area contributed by atoms with Crippen LogP contribution in [0.2, 0.25) is 0 Å². The summed E-state index contributed by atoms with van der Waals surface area (Å²) in [6.45, 7) is 4.56. The summed E-state index contributed by atoms with van der Waals surface area (Å²) in [4.78, 5) is 2.30. The molecule has 0 bridgehead atoms. The Bertz CT molecular complexity index is 1720. The number of rotatable bonds is 10. The fourth-order valence-corrected chi connectivity index (χ4v) is 5.68. The molecule has 0 saturated heterocycles. The molecule has 0 aromatic heterocycles. The Morgan fingerprint density at radius 1 is 0.511 bits per heavy atom. The van der Waals surface area contributed by atoms with Gasteiger partial charge < -0.3 is 14.7 Å². The molecule has 1 atom stereocenters. The molecule has 0 saturated carbocycles. The van der Waals surface area contributed by atoms with Crippen molar-refractivity contribution >= 4 is 17.1 Å². The van der Waals surface area contributed by atoms with Crippen molar-refractivity contribution in [1.82, 2.24) is 0 Å². The van der Waals surface area contributed by atoms with Gasteiger partial charge in [0.05, 0.1) is 13.7 Å². The highest BCUT2D eigenvalue weighted by Crippen LogP contribution is 2.38. The summed E-state index contributed by atoms with van der Waals surface area (Å²) < 4.78 is 5.34. The van der Waals surface area contributed by atoms with Crippen LogP contribution in [0.1, 0.15) is 37.3 Å². The zero-order chi connectivity index (χ0) is 31.2. The molecule has 0 aliphatic heterocycles. The van der Waals surface area contributed by atoms with Gasteiger partial charge in [0.2, 0.25) is 0 Å². The van der Waals surface area contributed by atoms with Crippen molar-refractivity contribution in [2.75, 3.05) is 12.0 Å². The van der Waals surface area contributed by atoms with E-state index in [9.17, 15) is 5.11 Å². The molecular weight excluding hydrogens is 550 g/mol. The second-order valence-electron chi connectivity index (χ2n) is 11.5. The number of hydrogen-bond acceptors (Lipinski definition) is 3. The molecule has 6 aromatic carbocycles. The molecule has 224 valence electrons. The minimum Gasteiger partial charge on any atom is -0.497 e. The Labute approximate surface area is 267 Å². The van der Waals surface area contributed by atoms with Crippen molar-refractivity contribution in [2.24, 2.45) is 0 Å². The largest absolute Gasteiger partial charge is 0.497 e. The van der Waals surface area contributed by atoms with Gasteiger partial charge in [-0.2, -0.15) is 0 Å². The Morgan fingerprint density at radius 2 is 0.844 bits per heavy atom. The van der Waals surface area contributed by atoms with Gasteiger partial charge in [-0.1, -0.05) is 111 Å². The van der Waals surface area contributed by atoms with Crippen LogP contribution in [0.4, 0.5) is 17.1 Å². The quantitative estimate of drug-likeness (QED) is 0.172. The van der Waals surface area contributed by atoms with Crippen molar-refractivity contribution in [3.63, 3.8) is 0 Å². The molecule has 1 N–H and O–H groups in total. The highest BCUT2D eigenvalue weighted by Gasteiger charge is 2.14. The number of anilines is 3. The molecule has 0 spiro atoms. The molecule has 0 aliphatic carbocycles. The van der Waals surface area contributed by atoms with Crippen LogP contribution >= 0.6 is 0 Å². The number of aliphatic hydroxyl groups is 1. The maximum absolute atomic E-state index is 9.43. The normalized spacial score (nSPS) is 11.6. The molecule has 0 aliphatic rings. The van der Waals surface area contributed by atoms with Crippen LogP contribution in [-0.4, -0.2) is 12.2 Å². The first-order chi connectivity index (χ1) is 22.1. The fourth-order valence-electron chi connectivity index (χ4n) is 5.68. The molecule has 0 heterocycles. The summed E-state index contributed by atoms with van der Waals surface area (Å²) in [5.74, 6) is 1.42. The Morgan fingerprint density at radius 3 is 1.18 bits per heavy atom. The van der Waals surface area contributed by atoms with Crippen LogP contribution in [0.5, 0.6) is 5.75 Å². The van der Waals surface area contributed by atoms with E-state index in [2.05, 4.69) is 140 Å². The molecular formula is C42H39NO2. The fraction of sp³-hybridized carbons (Fsp3) is 0.143. The average Bonchev–Trinajstić information content (AvgIpc) is 3.12. The molecule has 0 fully saturated rings. The van der Waals surface area contributed by atoms with Gasteiger partial charge in [-0.3, -0.25) is 0 Å². The van der Waals surface area contributed by atoms with Crippen molar-refractivity contribution in [1.29, 1.82) is 0 Å². The Balaban J connectivity index is 1.33. The lowest BCUT2D eigenvalue weighted by molar-refractivity contribution is 0.282. The van der Waals surface area contributed by atoms with E-state index in [-0.39, 0.29) is 6.61 Å². The van der Waals surface area contributed by atoms with E-state index in [1.807, 2.05) is 24.3 Å². The number of hydrogen-bond donors (Lipinski definition) is 1. The summed E-state index contributed by atoms with van der Waals surface area (Å²) in [5.41, 5.74) is 12.5. The minimum atomic E-state index is 0.0492. The van der Waals surface area contributed by atoms with Gasteiger partial charge in [0, 0.05) is 17.1 Å². The van der Waals surface area contributed by atoms with E-state index in [1.54, 1.807) is 7.11 Å². The number of nitrogens with zero attached hydrogens (tertiary/aromatic N) is 1. The second kappa shape index (κ2) is 13.7. The van der Waals surface area contributed by atoms with Crippen LogP contribution < -0.4 is 9.64 Å². The maximum atomic E-state index is 9.43. The molecule has 0 amide bonds. The highest BCUT2D eigenvalue weighted by atomic mass is 16.5. The van der Waals surface area contributed by atoms with Crippen LogP contribution in [0.15, 0.2) is 146 Å². The predicted octanol–water partition coefficient (Wildman–Crippen LogP) is 11.2. The Kier molecular flexibility index (Phi) is 9.09. The maximum Gasteiger partial charge on any atom is 0.118 e. The van der Waals surface area contributed by atoms with E-state index < -0.39 is 0 Å². The summed E-state index contributed by atoms with van der Waals surface area (Å²) in [5, 5.41) is 9.43. The number of aliphatic hydroxyl groups excluding tert-OH is 1. The second-order valence-corrected chi connectivity index (χ2v) is 11.5. The molecule has 3 heteroatoms. The van der Waals surface area contributed by atoms with Gasteiger partial charge in [0.15, 0.2) is 0 Å². The van der Waals surface area contributed by atoms with Gasteiger partial charge in [0.25, 0.3) is 0 Å². The number of ether oxygens (including phenoxy) is 1. The monoisotopic (exact) mass is 589 g/mol. The number of methoxy groups -OCH3 is 1. The Hall–Kier alpha value is -5.12.